The van der Waals surface area contributed by atoms with Crippen LogP contribution in [0.2, 0.25) is 0 Å². The van der Waals surface area contributed by atoms with E-state index in [2.05, 4.69) is 0 Å². The Morgan fingerprint density at radius 1 is 1.48 bits per heavy atom. The van der Waals surface area contributed by atoms with Crippen molar-refractivity contribution in [2.75, 3.05) is 33.8 Å². The van der Waals surface area contributed by atoms with E-state index in [1.807, 2.05) is 4.90 Å². The maximum atomic E-state index is 13.5. The number of nitrogens with zero attached hydrogens (tertiary/aromatic N) is 2. The molecule has 1 fully saturated rings. The fourth-order valence-electron chi connectivity index (χ4n) is 2.87. The van der Waals surface area contributed by atoms with Crippen LogP contribution in [-0.4, -0.2) is 66.8 Å². The molecule has 2 rings (SSSR count). The van der Waals surface area contributed by atoms with Gasteiger partial charge in [0.2, 0.25) is 5.91 Å². The summed E-state index contributed by atoms with van der Waals surface area (Å²) in [6.07, 6.45) is 1.07. The highest BCUT2D eigenvalue weighted by Gasteiger charge is 2.32. The summed E-state index contributed by atoms with van der Waals surface area (Å²) < 4.78 is 18.9. The van der Waals surface area contributed by atoms with Crippen molar-refractivity contribution in [2.24, 2.45) is 0 Å². The lowest BCUT2D eigenvalue weighted by Crippen LogP contribution is -2.46. The highest BCUT2D eigenvalue weighted by molar-refractivity contribution is 5.81. The Morgan fingerprint density at radius 2 is 2.22 bits per heavy atom. The molecule has 2 unspecified atom stereocenters. The summed E-state index contributed by atoms with van der Waals surface area (Å²) in [6, 6.07) is 6.26. The molecule has 0 saturated carbocycles. The number of aliphatic hydroxyl groups excluding tert-OH is 1. The van der Waals surface area contributed by atoms with Gasteiger partial charge in [0.1, 0.15) is 5.82 Å². The molecule has 5 nitrogen and oxygen atoms in total. The van der Waals surface area contributed by atoms with Crippen molar-refractivity contribution in [1.29, 1.82) is 0 Å². The van der Waals surface area contributed by atoms with Crippen molar-refractivity contribution in [3.63, 3.8) is 0 Å². The van der Waals surface area contributed by atoms with Gasteiger partial charge in [-0.2, -0.15) is 0 Å². The van der Waals surface area contributed by atoms with Gasteiger partial charge in [0.05, 0.1) is 25.4 Å². The van der Waals surface area contributed by atoms with Crippen LogP contribution in [0, 0.1) is 5.82 Å². The highest BCUT2D eigenvalue weighted by atomic mass is 19.1. The molecule has 0 bridgehead atoms. The minimum atomic E-state index is -0.697. The molecular formula is C17H25FN2O3. The maximum Gasteiger partial charge on any atom is 0.239 e. The second-order valence-electron chi connectivity index (χ2n) is 6.15. The Labute approximate surface area is 136 Å². The summed E-state index contributed by atoms with van der Waals surface area (Å²) in [5, 5.41) is 10.1. The molecule has 1 aliphatic heterocycles. The van der Waals surface area contributed by atoms with Gasteiger partial charge in [-0.15, -0.1) is 0 Å². The molecule has 1 aromatic carbocycles. The number of benzene rings is 1. The van der Waals surface area contributed by atoms with Gasteiger partial charge in [0.15, 0.2) is 0 Å². The van der Waals surface area contributed by atoms with E-state index in [1.54, 1.807) is 37.2 Å². The molecule has 1 heterocycles. The zero-order valence-corrected chi connectivity index (χ0v) is 13.7. The van der Waals surface area contributed by atoms with Gasteiger partial charge in [-0.05, 0) is 25.5 Å². The van der Waals surface area contributed by atoms with Crippen LogP contribution in [0.1, 0.15) is 18.4 Å². The Hall–Kier alpha value is -1.50. The van der Waals surface area contributed by atoms with Crippen LogP contribution in [0.3, 0.4) is 0 Å². The zero-order valence-electron chi connectivity index (χ0n) is 13.7. The third-order valence-electron chi connectivity index (χ3n) is 4.06. The van der Waals surface area contributed by atoms with E-state index >= 15 is 0 Å². The number of carbonyl (C=O) groups is 1. The van der Waals surface area contributed by atoms with E-state index in [-0.39, 0.29) is 31.0 Å². The lowest BCUT2D eigenvalue weighted by atomic mass is 10.2. The summed E-state index contributed by atoms with van der Waals surface area (Å²) in [6.45, 7) is 1.44. The minimum absolute atomic E-state index is 0.0713. The number of rotatable bonds is 7. The Kier molecular flexibility index (Phi) is 6.50. The average Bonchev–Trinajstić information content (AvgIpc) is 2.96. The van der Waals surface area contributed by atoms with Gasteiger partial charge in [0.25, 0.3) is 0 Å². The molecule has 1 aromatic rings. The molecule has 1 amide bonds. The smallest absolute Gasteiger partial charge is 0.239 e. The van der Waals surface area contributed by atoms with E-state index in [0.29, 0.717) is 12.1 Å². The standard InChI is InChI=1S/C17H25FN2O3/c1-19(2)17(22)16-8-5-9-20(16)10-14(21)12-23-11-13-6-3-4-7-15(13)18/h3-4,6-7,14,16,21H,5,8-12H2,1-2H3. The molecular weight excluding hydrogens is 299 g/mol. The number of amides is 1. The van der Waals surface area contributed by atoms with Crippen molar-refractivity contribution < 1.29 is 19.0 Å². The summed E-state index contributed by atoms with van der Waals surface area (Å²) in [5.74, 6) is -0.236. The molecule has 0 aliphatic carbocycles. The van der Waals surface area contributed by atoms with E-state index in [0.717, 1.165) is 19.4 Å². The molecule has 23 heavy (non-hydrogen) atoms. The molecule has 0 aromatic heterocycles. The summed E-state index contributed by atoms with van der Waals surface area (Å²) in [7, 11) is 3.49. The molecule has 2 atom stereocenters. The van der Waals surface area contributed by atoms with Crippen LogP contribution in [0.4, 0.5) is 4.39 Å². The van der Waals surface area contributed by atoms with Crippen LogP contribution in [0.25, 0.3) is 0 Å². The first kappa shape index (κ1) is 17.8. The number of hydrogen-bond acceptors (Lipinski definition) is 4. The van der Waals surface area contributed by atoms with Crippen LogP contribution < -0.4 is 0 Å². The number of carbonyl (C=O) groups excluding carboxylic acids is 1. The first-order chi connectivity index (χ1) is 11.0. The van der Waals surface area contributed by atoms with Gasteiger partial charge in [-0.25, -0.2) is 4.39 Å². The third kappa shape index (κ3) is 4.99. The lowest BCUT2D eigenvalue weighted by Gasteiger charge is -2.27. The highest BCUT2D eigenvalue weighted by Crippen LogP contribution is 2.19. The van der Waals surface area contributed by atoms with E-state index in [1.165, 1.54) is 6.07 Å². The molecule has 1 saturated heterocycles. The van der Waals surface area contributed by atoms with Crippen molar-refractivity contribution in [3.8, 4) is 0 Å². The predicted molar refractivity (Wildman–Crippen MR) is 85.4 cm³/mol. The summed E-state index contributed by atoms with van der Waals surface area (Å²) >= 11 is 0. The first-order valence-electron chi connectivity index (χ1n) is 7.93. The van der Waals surface area contributed by atoms with Gasteiger partial charge in [0, 0.05) is 26.2 Å². The Balaban J connectivity index is 1.77. The van der Waals surface area contributed by atoms with Gasteiger partial charge >= 0.3 is 0 Å². The van der Waals surface area contributed by atoms with E-state index in [4.69, 9.17) is 4.74 Å². The first-order valence-corrected chi connectivity index (χ1v) is 7.93. The molecule has 0 spiro atoms. The second kappa shape index (κ2) is 8.38. The van der Waals surface area contributed by atoms with Crippen molar-refractivity contribution in [2.45, 2.75) is 31.6 Å². The maximum absolute atomic E-state index is 13.5. The van der Waals surface area contributed by atoms with Gasteiger partial charge in [-0.3, -0.25) is 9.69 Å². The van der Waals surface area contributed by atoms with E-state index < -0.39 is 6.10 Å². The van der Waals surface area contributed by atoms with Crippen molar-refractivity contribution in [1.82, 2.24) is 9.80 Å². The number of likely N-dealkylation sites (tertiary alicyclic amines) is 1. The summed E-state index contributed by atoms with van der Waals surface area (Å²) in [4.78, 5) is 15.7. The van der Waals surface area contributed by atoms with Gasteiger partial charge in [-0.1, -0.05) is 18.2 Å². The summed E-state index contributed by atoms with van der Waals surface area (Å²) in [5.41, 5.74) is 0.474. The predicted octanol–water partition coefficient (Wildman–Crippen LogP) is 1.26. The second-order valence-corrected chi connectivity index (χ2v) is 6.15. The fourth-order valence-corrected chi connectivity index (χ4v) is 2.87. The fraction of sp³-hybridized carbons (Fsp3) is 0.588. The molecule has 0 radical (unpaired) electrons. The monoisotopic (exact) mass is 324 g/mol. The average molecular weight is 324 g/mol. The number of halogens is 1. The molecule has 1 aliphatic rings. The number of ether oxygens (including phenoxy) is 1. The lowest BCUT2D eigenvalue weighted by molar-refractivity contribution is -0.134. The third-order valence-corrected chi connectivity index (χ3v) is 4.06. The number of β-amino-alcohol motifs (C(OH)–C–C–N with tert-alkyl or cyclic N) is 1. The quantitative estimate of drug-likeness (QED) is 0.820. The van der Waals surface area contributed by atoms with Gasteiger partial charge < -0.3 is 14.7 Å². The van der Waals surface area contributed by atoms with Crippen LogP contribution in [0.15, 0.2) is 24.3 Å². The van der Waals surface area contributed by atoms with Crippen molar-refractivity contribution in [3.05, 3.63) is 35.6 Å². The zero-order chi connectivity index (χ0) is 16.8. The number of aliphatic hydroxyl groups is 1. The topological polar surface area (TPSA) is 53.0 Å². The number of likely N-dealkylation sites (N-methyl/N-ethyl adjacent to an activating group) is 1. The minimum Gasteiger partial charge on any atom is -0.389 e. The van der Waals surface area contributed by atoms with Crippen LogP contribution in [0.5, 0.6) is 0 Å². The Bertz CT molecular complexity index is 524. The number of hydrogen-bond donors (Lipinski definition) is 1. The molecule has 6 heteroatoms. The van der Waals surface area contributed by atoms with Crippen LogP contribution >= 0.6 is 0 Å². The molecule has 128 valence electrons. The normalized spacial score (nSPS) is 19.7. The Morgan fingerprint density at radius 3 is 2.91 bits per heavy atom. The van der Waals surface area contributed by atoms with Crippen LogP contribution in [-0.2, 0) is 16.1 Å². The van der Waals surface area contributed by atoms with Crippen molar-refractivity contribution >= 4 is 5.91 Å². The largest absolute Gasteiger partial charge is 0.389 e. The SMILES string of the molecule is CN(C)C(=O)C1CCCN1CC(O)COCc1ccccc1F. The molecule has 1 N–H and O–H groups in total. The van der Waals surface area contributed by atoms with E-state index in [9.17, 15) is 14.3 Å².